The summed E-state index contributed by atoms with van der Waals surface area (Å²) in [5.41, 5.74) is 0.644. The number of fused-ring (bicyclic) bond motifs is 7. The first-order chi connectivity index (χ1) is 21.1. The molecule has 10 atom stereocenters. The molecule has 6 nitrogen and oxygen atoms in total. The lowest BCUT2D eigenvalue weighted by Gasteiger charge is -2.73. The first-order valence-electron chi connectivity index (χ1n) is 18.5. The molecule has 0 aromatic rings. The molecule has 0 saturated heterocycles. The molecule has 5 saturated carbocycles. The Labute approximate surface area is 279 Å². The fourth-order valence-corrected chi connectivity index (χ4v) is 13.1. The molecule has 5 aliphatic carbocycles. The van der Waals surface area contributed by atoms with Gasteiger partial charge in [-0.25, -0.2) is 0 Å². The summed E-state index contributed by atoms with van der Waals surface area (Å²) in [6.45, 7) is 26.5. The standard InChI is InChI=1S/C40H65NO5/c1-24(2)26-14-19-40(22-31(42)41-25(3)4)21-20-38(10)27(33(26)40)12-13-29-37(9)17-16-30(46-32(43)23-35(5,6)34(44)45)36(7,8)28(37)15-18-39(29,38)11/h25-30,33H,1,12-23H2,2-11H3,(H,41,42)(H,44,45)/t26-,27+,28?,29?,30-,33+,37-,38+,39+,40+/m0/s1. The highest BCUT2D eigenvalue weighted by Gasteiger charge is 2.71. The molecule has 1 amide bonds. The van der Waals surface area contributed by atoms with E-state index in [0.29, 0.717) is 36.0 Å². The molecule has 46 heavy (non-hydrogen) atoms. The predicted molar refractivity (Wildman–Crippen MR) is 183 cm³/mol. The second-order valence-corrected chi connectivity index (χ2v) is 19.2. The molecular weight excluding hydrogens is 574 g/mol. The van der Waals surface area contributed by atoms with E-state index in [1.165, 1.54) is 37.7 Å². The maximum absolute atomic E-state index is 13.3. The van der Waals surface area contributed by atoms with Gasteiger partial charge in [-0.3, -0.25) is 14.4 Å². The second kappa shape index (κ2) is 11.6. The zero-order valence-corrected chi connectivity index (χ0v) is 30.8. The number of carbonyl (C=O) groups excluding carboxylic acids is 2. The summed E-state index contributed by atoms with van der Waals surface area (Å²) in [5.74, 6) is 1.52. The Balaban J connectivity index is 1.41. The summed E-state index contributed by atoms with van der Waals surface area (Å²) in [6.07, 6.45) is 11.6. The van der Waals surface area contributed by atoms with E-state index in [1.54, 1.807) is 13.8 Å². The van der Waals surface area contributed by atoms with E-state index in [4.69, 9.17) is 4.74 Å². The third-order valence-electron chi connectivity index (χ3n) is 15.6. The number of amides is 1. The highest BCUT2D eigenvalue weighted by Crippen LogP contribution is 2.78. The number of rotatable bonds is 8. The average Bonchev–Trinajstić information content (AvgIpc) is 3.29. The number of aliphatic carboxylic acids is 1. The third kappa shape index (κ3) is 5.38. The predicted octanol–water partition coefficient (Wildman–Crippen LogP) is 8.97. The molecule has 0 aliphatic heterocycles. The second-order valence-electron chi connectivity index (χ2n) is 19.2. The van der Waals surface area contributed by atoms with Crippen LogP contribution in [0.15, 0.2) is 12.2 Å². The van der Waals surface area contributed by atoms with Crippen molar-refractivity contribution >= 4 is 17.8 Å². The van der Waals surface area contributed by atoms with Crippen LogP contribution in [0.4, 0.5) is 0 Å². The molecule has 0 heterocycles. The van der Waals surface area contributed by atoms with E-state index in [0.717, 1.165) is 32.1 Å². The monoisotopic (exact) mass is 639 g/mol. The number of hydrogen-bond acceptors (Lipinski definition) is 4. The molecule has 2 unspecified atom stereocenters. The average molecular weight is 640 g/mol. The van der Waals surface area contributed by atoms with E-state index in [1.807, 2.05) is 0 Å². The zero-order chi connectivity index (χ0) is 34.3. The molecule has 5 aliphatic rings. The number of allylic oxidation sites excluding steroid dienone is 1. The van der Waals surface area contributed by atoms with Crippen molar-refractivity contribution in [3.63, 3.8) is 0 Å². The molecule has 6 heteroatoms. The van der Waals surface area contributed by atoms with Gasteiger partial charge in [-0.1, -0.05) is 46.8 Å². The van der Waals surface area contributed by atoms with E-state index >= 15 is 0 Å². The Morgan fingerprint density at radius 1 is 0.891 bits per heavy atom. The molecule has 260 valence electrons. The maximum atomic E-state index is 13.3. The van der Waals surface area contributed by atoms with Gasteiger partial charge in [0.2, 0.25) is 5.91 Å². The van der Waals surface area contributed by atoms with Crippen LogP contribution in [-0.2, 0) is 19.1 Å². The van der Waals surface area contributed by atoms with Gasteiger partial charge in [0.25, 0.3) is 0 Å². The van der Waals surface area contributed by atoms with Crippen molar-refractivity contribution in [3.05, 3.63) is 12.2 Å². The van der Waals surface area contributed by atoms with Crippen molar-refractivity contribution in [3.8, 4) is 0 Å². The Morgan fingerprint density at radius 2 is 1.57 bits per heavy atom. The minimum absolute atomic E-state index is 0.0796. The first-order valence-corrected chi connectivity index (χ1v) is 18.5. The highest BCUT2D eigenvalue weighted by atomic mass is 16.5. The van der Waals surface area contributed by atoms with Crippen LogP contribution in [-0.4, -0.2) is 35.1 Å². The van der Waals surface area contributed by atoms with Crippen molar-refractivity contribution in [2.75, 3.05) is 0 Å². The molecular formula is C40H65NO5. The van der Waals surface area contributed by atoms with Gasteiger partial charge < -0.3 is 15.2 Å². The molecule has 0 bridgehead atoms. The third-order valence-corrected chi connectivity index (χ3v) is 15.6. The van der Waals surface area contributed by atoms with Gasteiger partial charge in [0.1, 0.15) is 6.10 Å². The summed E-state index contributed by atoms with van der Waals surface area (Å²) in [4.78, 5) is 38.0. The van der Waals surface area contributed by atoms with E-state index in [-0.39, 0.29) is 57.5 Å². The molecule has 5 fully saturated rings. The van der Waals surface area contributed by atoms with Gasteiger partial charge in [-0.2, -0.15) is 0 Å². The smallest absolute Gasteiger partial charge is 0.309 e. The van der Waals surface area contributed by atoms with E-state index in [2.05, 4.69) is 67.3 Å². The lowest BCUT2D eigenvalue weighted by atomic mass is 9.32. The maximum Gasteiger partial charge on any atom is 0.309 e. The Bertz CT molecular complexity index is 1250. The van der Waals surface area contributed by atoms with Gasteiger partial charge >= 0.3 is 11.9 Å². The Kier molecular flexibility index (Phi) is 8.97. The van der Waals surface area contributed by atoms with Crippen molar-refractivity contribution < 1.29 is 24.2 Å². The molecule has 0 spiro atoms. The van der Waals surface area contributed by atoms with Crippen LogP contribution in [0.1, 0.15) is 146 Å². The number of carbonyl (C=O) groups is 3. The highest BCUT2D eigenvalue weighted by molar-refractivity contribution is 5.81. The van der Waals surface area contributed by atoms with Crippen LogP contribution in [0.3, 0.4) is 0 Å². The number of hydrogen-bond donors (Lipinski definition) is 2. The summed E-state index contributed by atoms with van der Waals surface area (Å²) < 4.78 is 6.16. The number of ether oxygens (including phenoxy) is 1. The van der Waals surface area contributed by atoms with Crippen LogP contribution in [0, 0.1) is 62.1 Å². The normalized spacial score (nSPS) is 43.0. The van der Waals surface area contributed by atoms with Gasteiger partial charge in [-0.15, -0.1) is 0 Å². The van der Waals surface area contributed by atoms with E-state index < -0.39 is 11.4 Å². The number of carboxylic acids is 1. The van der Waals surface area contributed by atoms with Gasteiger partial charge in [0.05, 0.1) is 11.8 Å². The summed E-state index contributed by atoms with van der Waals surface area (Å²) in [6, 6.07) is 0.166. The fraction of sp³-hybridized carbons (Fsp3) is 0.875. The summed E-state index contributed by atoms with van der Waals surface area (Å²) in [7, 11) is 0. The van der Waals surface area contributed by atoms with Crippen LogP contribution in [0.2, 0.25) is 0 Å². The van der Waals surface area contributed by atoms with Gasteiger partial charge in [0, 0.05) is 17.9 Å². The molecule has 5 rings (SSSR count). The van der Waals surface area contributed by atoms with Crippen molar-refractivity contribution in [1.29, 1.82) is 0 Å². The molecule has 0 radical (unpaired) electrons. The fourth-order valence-electron chi connectivity index (χ4n) is 13.1. The molecule has 0 aromatic carbocycles. The largest absolute Gasteiger partial charge is 0.481 e. The number of esters is 1. The lowest BCUT2D eigenvalue weighted by molar-refractivity contribution is -0.250. The number of carboxylic acid groups (broad SMARTS) is 1. The van der Waals surface area contributed by atoms with Crippen molar-refractivity contribution in [1.82, 2.24) is 5.32 Å². The van der Waals surface area contributed by atoms with Crippen LogP contribution >= 0.6 is 0 Å². The lowest BCUT2D eigenvalue weighted by Crippen LogP contribution is -2.67. The number of nitrogens with one attached hydrogen (secondary N) is 1. The topological polar surface area (TPSA) is 92.7 Å². The quantitative estimate of drug-likeness (QED) is 0.204. The zero-order valence-electron chi connectivity index (χ0n) is 30.8. The first kappa shape index (κ1) is 35.5. The Morgan fingerprint density at radius 3 is 2.17 bits per heavy atom. The van der Waals surface area contributed by atoms with E-state index in [9.17, 15) is 19.5 Å². The van der Waals surface area contributed by atoms with Gasteiger partial charge in [-0.05, 0) is 150 Å². The molecule has 2 N–H and O–H groups in total. The minimum Gasteiger partial charge on any atom is -0.481 e. The minimum atomic E-state index is -1.14. The summed E-state index contributed by atoms with van der Waals surface area (Å²) in [5, 5.41) is 12.8. The van der Waals surface area contributed by atoms with Crippen LogP contribution in [0.25, 0.3) is 0 Å². The SMILES string of the molecule is C=C(C)[C@@H]1CC[C@]2(CC(=O)NC(C)C)CC[C@]3(C)[C@H](CCC4[C@@]5(C)CC[C@H](OC(=O)CC(C)(C)C(=O)O)C(C)(C)C5CC[C@]43C)[C@@H]12. The van der Waals surface area contributed by atoms with Crippen LogP contribution in [0.5, 0.6) is 0 Å². The van der Waals surface area contributed by atoms with Gasteiger partial charge in [0.15, 0.2) is 0 Å². The van der Waals surface area contributed by atoms with Crippen molar-refractivity contribution in [2.24, 2.45) is 62.1 Å². The van der Waals surface area contributed by atoms with Crippen molar-refractivity contribution in [2.45, 2.75) is 158 Å². The molecule has 0 aromatic heterocycles. The van der Waals surface area contributed by atoms with Crippen LogP contribution < -0.4 is 5.32 Å². The summed E-state index contributed by atoms with van der Waals surface area (Å²) >= 11 is 0. The Hall–Kier alpha value is -1.85.